The highest BCUT2D eigenvalue weighted by Crippen LogP contribution is 2.23. The van der Waals surface area contributed by atoms with Crippen LogP contribution in [0.1, 0.15) is 17.3 Å². The van der Waals surface area contributed by atoms with E-state index in [1.807, 2.05) is 14.0 Å². The third-order valence-corrected chi connectivity index (χ3v) is 2.68. The summed E-state index contributed by atoms with van der Waals surface area (Å²) in [7, 11) is 1.87. The molecule has 0 saturated heterocycles. The molecule has 0 radical (unpaired) electrons. The van der Waals surface area contributed by atoms with Crippen LogP contribution < -0.4 is 10.6 Å². The van der Waals surface area contributed by atoms with Crippen LogP contribution in [0, 0.1) is 5.92 Å². The summed E-state index contributed by atoms with van der Waals surface area (Å²) >= 11 is 5.73. The molecule has 0 spiro atoms. The number of aromatic hydroxyl groups is 1. The van der Waals surface area contributed by atoms with Gasteiger partial charge in [-0.05, 0) is 37.7 Å². The van der Waals surface area contributed by atoms with Crippen LogP contribution >= 0.6 is 11.6 Å². The number of hydrogen-bond acceptors (Lipinski definition) is 3. The van der Waals surface area contributed by atoms with Crippen molar-refractivity contribution >= 4 is 17.5 Å². The molecule has 17 heavy (non-hydrogen) atoms. The number of carbonyl (C=O) groups excluding carboxylic acids is 1. The summed E-state index contributed by atoms with van der Waals surface area (Å²) in [4.78, 5) is 11.7. The molecular weight excluding hydrogens is 240 g/mol. The number of amides is 1. The van der Waals surface area contributed by atoms with Crippen molar-refractivity contribution < 1.29 is 9.90 Å². The van der Waals surface area contributed by atoms with E-state index in [0.717, 1.165) is 6.54 Å². The van der Waals surface area contributed by atoms with E-state index in [1.165, 1.54) is 12.1 Å². The van der Waals surface area contributed by atoms with Crippen molar-refractivity contribution in [1.82, 2.24) is 10.6 Å². The Bertz CT molecular complexity index is 396. The van der Waals surface area contributed by atoms with Crippen LogP contribution in [-0.2, 0) is 0 Å². The number of nitrogens with one attached hydrogen (secondary N) is 2. The van der Waals surface area contributed by atoms with Gasteiger partial charge in [-0.3, -0.25) is 4.79 Å². The number of hydrogen-bond donors (Lipinski definition) is 3. The zero-order chi connectivity index (χ0) is 12.8. The first-order valence-corrected chi connectivity index (χ1v) is 5.83. The van der Waals surface area contributed by atoms with Gasteiger partial charge in [0.2, 0.25) is 0 Å². The molecule has 0 bridgehead atoms. The predicted molar refractivity (Wildman–Crippen MR) is 68.5 cm³/mol. The van der Waals surface area contributed by atoms with Crippen LogP contribution in [0.3, 0.4) is 0 Å². The van der Waals surface area contributed by atoms with Crippen LogP contribution in [0.15, 0.2) is 18.2 Å². The Morgan fingerprint density at radius 3 is 2.76 bits per heavy atom. The SMILES string of the molecule is CNCC(C)CNC(=O)c1ccc(O)c(Cl)c1. The lowest BCUT2D eigenvalue weighted by Crippen LogP contribution is -2.32. The number of phenolic OH excluding ortho intramolecular Hbond substituents is 1. The first-order chi connectivity index (χ1) is 8.04. The zero-order valence-electron chi connectivity index (χ0n) is 9.96. The largest absolute Gasteiger partial charge is 0.506 e. The average molecular weight is 257 g/mol. The molecule has 3 N–H and O–H groups in total. The van der Waals surface area contributed by atoms with Crippen LogP contribution in [0.5, 0.6) is 5.75 Å². The average Bonchev–Trinajstić information content (AvgIpc) is 2.30. The normalized spacial score (nSPS) is 12.2. The fourth-order valence-electron chi connectivity index (χ4n) is 1.44. The lowest BCUT2D eigenvalue weighted by atomic mass is 10.1. The number of phenols is 1. The van der Waals surface area contributed by atoms with Crippen LogP contribution in [0.25, 0.3) is 0 Å². The van der Waals surface area contributed by atoms with E-state index >= 15 is 0 Å². The van der Waals surface area contributed by atoms with Crippen LogP contribution in [0.4, 0.5) is 0 Å². The van der Waals surface area contributed by atoms with E-state index in [1.54, 1.807) is 6.07 Å². The summed E-state index contributed by atoms with van der Waals surface area (Å²) in [6.07, 6.45) is 0. The van der Waals surface area contributed by atoms with E-state index in [2.05, 4.69) is 10.6 Å². The zero-order valence-corrected chi connectivity index (χ0v) is 10.7. The number of halogens is 1. The molecule has 1 aromatic rings. The van der Waals surface area contributed by atoms with E-state index in [9.17, 15) is 9.90 Å². The highest BCUT2D eigenvalue weighted by atomic mass is 35.5. The second-order valence-corrected chi connectivity index (χ2v) is 4.45. The quantitative estimate of drug-likeness (QED) is 0.751. The standard InChI is InChI=1S/C12H17ClN2O2/c1-8(6-14-2)7-15-12(17)9-3-4-11(16)10(13)5-9/h3-5,8,14,16H,6-7H2,1-2H3,(H,15,17). The Morgan fingerprint density at radius 1 is 1.47 bits per heavy atom. The van der Waals surface area contributed by atoms with Crippen LogP contribution in [-0.4, -0.2) is 31.2 Å². The molecule has 1 aromatic carbocycles. The van der Waals surface area contributed by atoms with Crippen molar-refractivity contribution in [3.05, 3.63) is 28.8 Å². The molecule has 0 aliphatic heterocycles. The highest BCUT2D eigenvalue weighted by Gasteiger charge is 2.09. The van der Waals surface area contributed by atoms with E-state index < -0.39 is 0 Å². The molecule has 94 valence electrons. The van der Waals surface area contributed by atoms with Gasteiger partial charge in [-0.25, -0.2) is 0 Å². The van der Waals surface area contributed by atoms with Crippen molar-refractivity contribution in [2.45, 2.75) is 6.92 Å². The predicted octanol–water partition coefficient (Wildman–Crippen LogP) is 1.63. The van der Waals surface area contributed by atoms with Gasteiger partial charge < -0.3 is 15.7 Å². The summed E-state index contributed by atoms with van der Waals surface area (Å²) in [6, 6.07) is 4.41. The van der Waals surface area contributed by atoms with Gasteiger partial charge in [0.15, 0.2) is 0 Å². The first kappa shape index (κ1) is 13.8. The minimum atomic E-state index is -0.185. The number of benzene rings is 1. The van der Waals surface area contributed by atoms with Gasteiger partial charge in [-0.15, -0.1) is 0 Å². The summed E-state index contributed by atoms with van der Waals surface area (Å²) in [5.41, 5.74) is 0.449. The molecule has 4 nitrogen and oxygen atoms in total. The van der Waals surface area contributed by atoms with Crippen LogP contribution in [0.2, 0.25) is 5.02 Å². The Morgan fingerprint density at radius 2 is 2.18 bits per heavy atom. The van der Waals surface area contributed by atoms with Crippen molar-refractivity contribution in [3.63, 3.8) is 0 Å². The summed E-state index contributed by atoms with van der Waals surface area (Å²) in [5, 5.41) is 15.3. The lowest BCUT2D eigenvalue weighted by molar-refractivity contribution is 0.0948. The molecule has 0 heterocycles. The Kier molecular flexibility index (Phi) is 5.25. The lowest BCUT2D eigenvalue weighted by Gasteiger charge is -2.12. The molecule has 1 rings (SSSR count). The molecule has 1 amide bonds. The Labute approximate surface area is 106 Å². The second-order valence-electron chi connectivity index (χ2n) is 4.04. The van der Waals surface area contributed by atoms with E-state index in [4.69, 9.17) is 11.6 Å². The maximum Gasteiger partial charge on any atom is 0.251 e. The number of rotatable bonds is 5. The summed E-state index contributed by atoms with van der Waals surface area (Å²) in [5.74, 6) is 0.151. The van der Waals surface area contributed by atoms with Gasteiger partial charge >= 0.3 is 0 Å². The fraction of sp³-hybridized carbons (Fsp3) is 0.417. The van der Waals surface area contributed by atoms with Gasteiger partial charge in [0, 0.05) is 12.1 Å². The van der Waals surface area contributed by atoms with E-state index in [0.29, 0.717) is 18.0 Å². The smallest absolute Gasteiger partial charge is 0.251 e. The third-order valence-electron chi connectivity index (χ3n) is 2.37. The molecule has 5 heteroatoms. The maximum atomic E-state index is 11.7. The molecule has 1 atom stereocenters. The van der Waals surface area contributed by atoms with Gasteiger partial charge in [0.25, 0.3) is 5.91 Å². The molecule has 0 aromatic heterocycles. The summed E-state index contributed by atoms with van der Waals surface area (Å²) < 4.78 is 0. The number of carbonyl (C=O) groups is 1. The van der Waals surface area contributed by atoms with Crippen molar-refractivity contribution in [1.29, 1.82) is 0 Å². The second kappa shape index (κ2) is 6.47. The Hall–Kier alpha value is -1.26. The van der Waals surface area contributed by atoms with E-state index in [-0.39, 0.29) is 16.7 Å². The fourth-order valence-corrected chi connectivity index (χ4v) is 1.62. The topological polar surface area (TPSA) is 61.4 Å². The van der Waals surface area contributed by atoms with Gasteiger partial charge in [0.1, 0.15) is 5.75 Å². The van der Waals surface area contributed by atoms with Crippen molar-refractivity contribution in [2.75, 3.05) is 20.1 Å². The van der Waals surface area contributed by atoms with Gasteiger partial charge in [0.05, 0.1) is 5.02 Å². The van der Waals surface area contributed by atoms with Crippen molar-refractivity contribution in [3.8, 4) is 5.75 Å². The van der Waals surface area contributed by atoms with Gasteiger partial charge in [-0.2, -0.15) is 0 Å². The molecular formula is C12H17ClN2O2. The minimum Gasteiger partial charge on any atom is -0.506 e. The van der Waals surface area contributed by atoms with Gasteiger partial charge in [-0.1, -0.05) is 18.5 Å². The maximum absolute atomic E-state index is 11.7. The highest BCUT2D eigenvalue weighted by molar-refractivity contribution is 6.32. The molecule has 0 saturated carbocycles. The van der Waals surface area contributed by atoms with Crippen molar-refractivity contribution in [2.24, 2.45) is 5.92 Å². The minimum absolute atomic E-state index is 0.0215. The molecule has 1 unspecified atom stereocenters. The molecule has 0 aliphatic carbocycles. The summed E-state index contributed by atoms with van der Waals surface area (Å²) in [6.45, 7) is 3.48. The third kappa shape index (κ3) is 4.24. The first-order valence-electron chi connectivity index (χ1n) is 5.46. The molecule has 0 aliphatic rings. The monoisotopic (exact) mass is 256 g/mol. The molecule has 0 fully saturated rings. The Balaban J connectivity index is 2.55.